The van der Waals surface area contributed by atoms with E-state index in [1.54, 1.807) is 0 Å². The number of aryl methyl sites for hydroxylation is 1. The van der Waals surface area contributed by atoms with Crippen molar-refractivity contribution >= 4 is 10.9 Å². The minimum atomic E-state index is 0.750. The van der Waals surface area contributed by atoms with Gasteiger partial charge in [0.15, 0.2) is 0 Å². The van der Waals surface area contributed by atoms with Gasteiger partial charge < -0.3 is 10.7 Å². The maximum absolute atomic E-state index is 4.85. The van der Waals surface area contributed by atoms with Crippen molar-refractivity contribution in [3.8, 4) is 0 Å². The van der Waals surface area contributed by atoms with Gasteiger partial charge in [-0.2, -0.15) is 0 Å². The minimum Gasteiger partial charge on any atom is -0.361 e. The number of fused-ring (bicyclic) bond motifs is 1. The summed E-state index contributed by atoms with van der Waals surface area (Å²) in [5.41, 5.74) is 7.38. The average Bonchev–Trinajstić information content (AvgIpc) is 2.50. The molecular weight excluding hydrogens is 160 g/mol. The molecule has 1 aromatic heterocycles. The van der Waals surface area contributed by atoms with E-state index in [4.69, 9.17) is 5.73 Å². The highest BCUT2D eigenvalue weighted by atomic mass is 14.7. The first-order valence-electron chi connectivity index (χ1n) is 4.52. The number of nitrogens with two attached hydrogens (primary N) is 1. The predicted molar refractivity (Wildman–Crippen MR) is 57.8 cm³/mol. The Labute approximate surface area is 78.8 Å². The van der Waals surface area contributed by atoms with E-state index < -0.39 is 0 Å². The van der Waals surface area contributed by atoms with Crippen LogP contribution in [0.3, 0.4) is 0 Å². The Kier molecular flexibility index (Phi) is 3.53. The monoisotopic (exact) mass is 176 g/mol. The fourth-order valence-corrected chi connectivity index (χ4v) is 1.22. The van der Waals surface area contributed by atoms with Gasteiger partial charge in [0, 0.05) is 17.1 Å². The molecule has 2 nitrogen and oxygen atoms in total. The van der Waals surface area contributed by atoms with E-state index in [0.29, 0.717) is 0 Å². The lowest BCUT2D eigenvalue weighted by Crippen LogP contribution is -1.87. The van der Waals surface area contributed by atoms with Gasteiger partial charge in [-0.3, -0.25) is 0 Å². The fourth-order valence-electron chi connectivity index (χ4n) is 1.22. The van der Waals surface area contributed by atoms with Crippen LogP contribution in [-0.4, -0.2) is 11.5 Å². The quantitative estimate of drug-likeness (QED) is 0.636. The van der Waals surface area contributed by atoms with Crippen molar-refractivity contribution in [3.63, 3.8) is 0 Å². The Hall–Kier alpha value is -1.28. The molecule has 0 atom stereocenters. The molecule has 0 aliphatic heterocycles. The number of hydrogen-bond acceptors (Lipinski definition) is 1. The second-order valence-corrected chi connectivity index (χ2v) is 2.93. The van der Waals surface area contributed by atoms with Gasteiger partial charge in [-0.15, -0.1) is 0 Å². The van der Waals surface area contributed by atoms with Crippen LogP contribution in [0, 0.1) is 6.92 Å². The Morgan fingerprint density at radius 2 is 1.92 bits per heavy atom. The van der Waals surface area contributed by atoms with Crippen molar-refractivity contribution in [1.29, 1.82) is 0 Å². The van der Waals surface area contributed by atoms with Crippen molar-refractivity contribution < 1.29 is 0 Å². The molecule has 0 saturated heterocycles. The highest BCUT2D eigenvalue weighted by Gasteiger charge is 1.94. The van der Waals surface area contributed by atoms with Crippen LogP contribution in [0.4, 0.5) is 0 Å². The number of aromatic amines is 1. The summed E-state index contributed by atoms with van der Waals surface area (Å²) in [7, 11) is 0. The van der Waals surface area contributed by atoms with Crippen LogP contribution in [0.2, 0.25) is 0 Å². The van der Waals surface area contributed by atoms with Crippen molar-refractivity contribution in [2.75, 3.05) is 6.54 Å². The van der Waals surface area contributed by atoms with E-state index in [2.05, 4.69) is 30.1 Å². The second-order valence-electron chi connectivity index (χ2n) is 2.93. The molecule has 0 amide bonds. The van der Waals surface area contributed by atoms with Crippen LogP contribution in [0.15, 0.2) is 30.5 Å². The molecule has 0 spiro atoms. The zero-order chi connectivity index (χ0) is 9.68. The lowest BCUT2D eigenvalue weighted by molar-refractivity contribution is 1.14. The lowest BCUT2D eigenvalue weighted by atomic mass is 10.2. The highest BCUT2D eigenvalue weighted by molar-refractivity contribution is 5.82. The summed E-state index contributed by atoms with van der Waals surface area (Å²) >= 11 is 0. The van der Waals surface area contributed by atoms with Crippen molar-refractivity contribution in [1.82, 2.24) is 4.98 Å². The molecular formula is C11H16N2. The predicted octanol–water partition coefficient (Wildman–Crippen LogP) is 2.44. The summed E-state index contributed by atoms with van der Waals surface area (Å²) in [5, 5.41) is 1.32. The Morgan fingerprint density at radius 3 is 2.54 bits per heavy atom. The summed E-state index contributed by atoms with van der Waals surface area (Å²) in [6.07, 6.45) is 2.03. The molecule has 0 aliphatic rings. The summed E-state index contributed by atoms with van der Waals surface area (Å²) < 4.78 is 0. The largest absolute Gasteiger partial charge is 0.361 e. The van der Waals surface area contributed by atoms with Crippen molar-refractivity contribution in [2.45, 2.75) is 13.8 Å². The van der Waals surface area contributed by atoms with E-state index in [-0.39, 0.29) is 0 Å². The van der Waals surface area contributed by atoms with Crippen LogP contribution >= 0.6 is 0 Å². The second kappa shape index (κ2) is 4.67. The zero-order valence-corrected chi connectivity index (χ0v) is 8.17. The van der Waals surface area contributed by atoms with Crippen LogP contribution in [0.1, 0.15) is 12.5 Å². The topological polar surface area (TPSA) is 41.8 Å². The van der Waals surface area contributed by atoms with Crippen molar-refractivity contribution in [3.05, 3.63) is 36.0 Å². The molecule has 3 N–H and O–H groups in total. The number of rotatable bonds is 0. The molecule has 0 aliphatic carbocycles. The van der Waals surface area contributed by atoms with Gasteiger partial charge in [-0.05, 0) is 25.1 Å². The first-order valence-corrected chi connectivity index (χ1v) is 4.52. The maximum Gasteiger partial charge on any atom is 0.0456 e. The average molecular weight is 176 g/mol. The number of hydrogen-bond donors (Lipinski definition) is 2. The van der Waals surface area contributed by atoms with Gasteiger partial charge in [0.1, 0.15) is 0 Å². The van der Waals surface area contributed by atoms with Gasteiger partial charge in [0.2, 0.25) is 0 Å². The number of benzene rings is 1. The standard InChI is InChI=1S/C9H9N.C2H7N/c1-7-6-10-9-5-3-2-4-8(7)9;1-2-3/h2-6,10H,1H3;2-3H2,1H3. The van der Waals surface area contributed by atoms with E-state index in [1.165, 1.54) is 16.5 Å². The van der Waals surface area contributed by atoms with E-state index in [1.807, 2.05) is 19.2 Å². The normalized spacial score (nSPS) is 9.46. The van der Waals surface area contributed by atoms with Crippen LogP contribution < -0.4 is 5.73 Å². The molecule has 2 rings (SSSR count). The molecule has 0 unspecified atom stereocenters. The van der Waals surface area contributed by atoms with Gasteiger partial charge in [0.25, 0.3) is 0 Å². The number of H-pyrrole nitrogens is 1. The summed E-state index contributed by atoms with van der Waals surface area (Å²) in [6, 6.07) is 8.31. The maximum atomic E-state index is 4.85. The third-order valence-electron chi connectivity index (χ3n) is 1.80. The summed E-state index contributed by atoms with van der Waals surface area (Å²) in [5.74, 6) is 0. The SMILES string of the molecule is CCN.Cc1c[nH]c2ccccc12. The molecule has 0 fully saturated rings. The Morgan fingerprint density at radius 1 is 1.31 bits per heavy atom. The first-order chi connectivity index (χ1) is 6.29. The van der Waals surface area contributed by atoms with Gasteiger partial charge in [-0.25, -0.2) is 0 Å². The molecule has 0 radical (unpaired) electrons. The lowest BCUT2D eigenvalue weighted by Gasteiger charge is -1.86. The van der Waals surface area contributed by atoms with Gasteiger partial charge in [0.05, 0.1) is 0 Å². The number of aromatic nitrogens is 1. The molecule has 1 aromatic carbocycles. The molecule has 0 bridgehead atoms. The number of para-hydroxylation sites is 1. The van der Waals surface area contributed by atoms with Crippen LogP contribution in [0.5, 0.6) is 0 Å². The van der Waals surface area contributed by atoms with E-state index in [9.17, 15) is 0 Å². The van der Waals surface area contributed by atoms with Crippen LogP contribution in [0.25, 0.3) is 10.9 Å². The van der Waals surface area contributed by atoms with Gasteiger partial charge in [-0.1, -0.05) is 25.1 Å². The molecule has 70 valence electrons. The minimum absolute atomic E-state index is 0.750. The molecule has 0 saturated carbocycles. The van der Waals surface area contributed by atoms with Gasteiger partial charge >= 0.3 is 0 Å². The zero-order valence-electron chi connectivity index (χ0n) is 8.17. The first kappa shape index (κ1) is 9.81. The third kappa shape index (κ3) is 2.33. The van der Waals surface area contributed by atoms with E-state index >= 15 is 0 Å². The van der Waals surface area contributed by atoms with Crippen molar-refractivity contribution in [2.24, 2.45) is 5.73 Å². The Bertz CT molecular complexity index is 363. The Balaban J connectivity index is 0.000000251. The van der Waals surface area contributed by atoms with Crippen LogP contribution in [-0.2, 0) is 0 Å². The fraction of sp³-hybridized carbons (Fsp3) is 0.273. The van der Waals surface area contributed by atoms with E-state index in [0.717, 1.165) is 6.54 Å². The molecule has 2 heteroatoms. The molecule has 13 heavy (non-hydrogen) atoms. The third-order valence-corrected chi connectivity index (χ3v) is 1.80. The smallest absolute Gasteiger partial charge is 0.0456 e. The number of nitrogens with one attached hydrogen (secondary N) is 1. The molecule has 2 aromatic rings. The highest BCUT2D eigenvalue weighted by Crippen LogP contribution is 2.15. The summed E-state index contributed by atoms with van der Waals surface area (Å²) in [4.78, 5) is 3.19. The molecule has 1 heterocycles. The summed E-state index contributed by atoms with van der Waals surface area (Å²) in [6.45, 7) is 4.76.